The van der Waals surface area contributed by atoms with Gasteiger partial charge in [0.05, 0.1) is 17.0 Å². The van der Waals surface area contributed by atoms with Crippen LogP contribution in [0.3, 0.4) is 0 Å². The van der Waals surface area contributed by atoms with Crippen LogP contribution in [0.25, 0.3) is 0 Å². The molecule has 0 amide bonds. The summed E-state index contributed by atoms with van der Waals surface area (Å²) in [7, 11) is -6.80. The van der Waals surface area contributed by atoms with Crippen LogP contribution in [0.4, 0.5) is 26.3 Å². The maximum atomic E-state index is 13.4. The minimum Gasteiger partial charge on any atom is -0.743 e. The van der Waals surface area contributed by atoms with Gasteiger partial charge in [-0.15, -0.1) is 0 Å². The van der Waals surface area contributed by atoms with E-state index in [-0.39, 0.29) is 16.7 Å². The van der Waals surface area contributed by atoms with Crippen LogP contribution in [-0.2, 0) is 21.0 Å². The Bertz CT molecular complexity index is 1300. The lowest BCUT2D eigenvalue weighted by molar-refractivity contribution is -0.248. The van der Waals surface area contributed by atoms with Gasteiger partial charge < -0.3 is 14.4 Å². The second-order valence-electron chi connectivity index (χ2n) is 8.53. The number of halogens is 6. The van der Waals surface area contributed by atoms with Crippen LogP contribution >= 0.6 is 0 Å². The molecule has 0 heterocycles. The summed E-state index contributed by atoms with van der Waals surface area (Å²) in [6.45, 7) is 0. The molecule has 5 nitrogen and oxygen atoms in total. The van der Waals surface area contributed by atoms with Gasteiger partial charge in [-0.1, -0.05) is 18.2 Å². The minimum atomic E-state index is -6.54. The van der Waals surface area contributed by atoms with E-state index in [1.54, 1.807) is 0 Å². The number of aliphatic hydroxyl groups excluding tert-OH is 1. The molecule has 212 valence electrons. The molecule has 3 aromatic carbocycles. The van der Waals surface area contributed by atoms with Gasteiger partial charge in [-0.2, -0.15) is 22.0 Å². The number of hydrogen-bond donors (Lipinski definition) is 1. The molecule has 0 aromatic heterocycles. The molecule has 0 bridgehead atoms. The number of hydrogen-bond acceptors (Lipinski definition) is 5. The lowest BCUT2D eigenvalue weighted by Crippen LogP contribution is -2.49. The van der Waals surface area contributed by atoms with Gasteiger partial charge in [0.2, 0.25) is 6.10 Å². The third kappa shape index (κ3) is 8.13. The summed E-state index contributed by atoms with van der Waals surface area (Å²) in [5, 5.41) is 2.02. The summed E-state index contributed by atoms with van der Waals surface area (Å²) in [5.74, 6) is 0.738. The molecular weight excluding hydrogens is 570 g/mol. The number of ether oxygens (including phenoxy) is 1. The SMILES string of the molecule is Fc1ccc([S+](c2ccccc2)c2ccc(OC3CCCC3)cc2)cc1.O=S(=O)([O-])C(F)(F)C(O)C(F)(F)F. The highest BCUT2D eigenvalue weighted by atomic mass is 32.2. The van der Waals surface area contributed by atoms with Crippen molar-refractivity contribution < 1.29 is 49.2 Å². The fourth-order valence-electron chi connectivity index (χ4n) is 3.72. The average molecular weight is 595 g/mol. The van der Waals surface area contributed by atoms with Crippen molar-refractivity contribution in [1.29, 1.82) is 0 Å². The van der Waals surface area contributed by atoms with Crippen molar-refractivity contribution >= 4 is 21.0 Å². The fourth-order valence-corrected chi connectivity index (χ4v) is 6.19. The van der Waals surface area contributed by atoms with Crippen LogP contribution < -0.4 is 4.74 Å². The van der Waals surface area contributed by atoms with Crippen LogP contribution in [0.15, 0.2) is 93.5 Å². The van der Waals surface area contributed by atoms with Crippen molar-refractivity contribution in [3.05, 3.63) is 84.7 Å². The summed E-state index contributed by atoms with van der Waals surface area (Å²) >= 11 is 0. The first-order valence-electron chi connectivity index (χ1n) is 11.6. The van der Waals surface area contributed by atoms with E-state index in [1.807, 2.05) is 18.2 Å². The Morgan fingerprint density at radius 1 is 0.821 bits per heavy atom. The highest BCUT2D eigenvalue weighted by Gasteiger charge is 2.59. The monoisotopic (exact) mass is 594 g/mol. The van der Waals surface area contributed by atoms with Crippen molar-refractivity contribution in [1.82, 2.24) is 0 Å². The number of rotatable bonds is 7. The quantitative estimate of drug-likeness (QED) is 0.197. The summed E-state index contributed by atoms with van der Waals surface area (Å²) < 4.78 is 106. The van der Waals surface area contributed by atoms with Gasteiger partial charge in [-0.3, -0.25) is 0 Å². The van der Waals surface area contributed by atoms with E-state index in [4.69, 9.17) is 9.84 Å². The number of aliphatic hydroxyl groups is 1. The van der Waals surface area contributed by atoms with E-state index in [0.29, 0.717) is 6.10 Å². The molecule has 0 aliphatic heterocycles. The van der Waals surface area contributed by atoms with Gasteiger partial charge in [0.15, 0.2) is 24.8 Å². The predicted octanol–water partition coefficient (Wildman–Crippen LogP) is 6.29. The average Bonchev–Trinajstić information content (AvgIpc) is 3.39. The van der Waals surface area contributed by atoms with Gasteiger partial charge in [0.25, 0.3) is 0 Å². The summed E-state index contributed by atoms with van der Waals surface area (Å²) in [6, 6.07) is 25.7. The van der Waals surface area contributed by atoms with Crippen LogP contribution in [0.5, 0.6) is 5.75 Å². The Hall–Kier alpha value is -2.74. The molecule has 1 fully saturated rings. The summed E-state index contributed by atoms with van der Waals surface area (Å²) in [6.07, 6.45) is -5.17. The first kappa shape index (κ1) is 30.8. The first-order valence-corrected chi connectivity index (χ1v) is 14.2. The van der Waals surface area contributed by atoms with Gasteiger partial charge in [-0.05, 0) is 86.3 Å². The molecule has 4 rings (SSSR count). The molecule has 0 radical (unpaired) electrons. The molecule has 1 N–H and O–H groups in total. The molecule has 2 atom stereocenters. The Morgan fingerprint density at radius 2 is 1.28 bits per heavy atom. The van der Waals surface area contributed by atoms with Crippen LogP contribution in [-0.4, -0.2) is 41.7 Å². The van der Waals surface area contributed by atoms with E-state index in [1.165, 1.54) is 34.8 Å². The smallest absolute Gasteiger partial charge is 0.421 e. The fraction of sp³-hybridized carbons (Fsp3) is 0.308. The zero-order valence-corrected chi connectivity index (χ0v) is 21.8. The van der Waals surface area contributed by atoms with E-state index < -0.39 is 27.7 Å². The molecule has 39 heavy (non-hydrogen) atoms. The second-order valence-corrected chi connectivity index (χ2v) is 12.0. The third-order valence-corrected chi connectivity index (χ3v) is 8.77. The lowest BCUT2D eigenvalue weighted by Gasteiger charge is -2.26. The van der Waals surface area contributed by atoms with Crippen molar-refractivity contribution in [3.8, 4) is 5.75 Å². The van der Waals surface area contributed by atoms with Gasteiger partial charge >= 0.3 is 11.4 Å². The van der Waals surface area contributed by atoms with Crippen molar-refractivity contribution in [3.63, 3.8) is 0 Å². The maximum absolute atomic E-state index is 13.4. The molecule has 3 aromatic rings. The maximum Gasteiger partial charge on any atom is 0.421 e. The second kappa shape index (κ2) is 12.6. The molecule has 0 spiro atoms. The van der Waals surface area contributed by atoms with Crippen molar-refractivity contribution in [2.75, 3.05) is 0 Å². The van der Waals surface area contributed by atoms with Gasteiger partial charge in [0.1, 0.15) is 11.6 Å². The molecule has 1 aliphatic rings. The van der Waals surface area contributed by atoms with E-state index in [0.717, 1.165) is 23.5 Å². The van der Waals surface area contributed by atoms with Crippen molar-refractivity contribution in [2.24, 2.45) is 0 Å². The van der Waals surface area contributed by atoms with Gasteiger partial charge in [0, 0.05) is 0 Å². The van der Waals surface area contributed by atoms with Crippen LogP contribution in [0, 0.1) is 5.82 Å². The van der Waals surface area contributed by atoms with Crippen LogP contribution in [0.1, 0.15) is 25.7 Å². The van der Waals surface area contributed by atoms with E-state index in [2.05, 4.69) is 48.5 Å². The van der Waals surface area contributed by atoms with E-state index in [9.17, 15) is 39.3 Å². The number of alkyl halides is 5. The lowest BCUT2D eigenvalue weighted by atomic mass is 10.3. The largest absolute Gasteiger partial charge is 0.743 e. The minimum absolute atomic E-state index is 0.203. The van der Waals surface area contributed by atoms with Gasteiger partial charge in [-0.25, -0.2) is 12.8 Å². The Balaban J connectivity index is 0.000000276. The first-order chi connectivity index (χ1) is 18.2. The summed E-state index contributed by atoms with van der Waals surface area (Å²) in [4.78, 5) is 3.55. The Morgan fingerprint density at radius 3 is 1.72 bits per heavy atom. The topological polar surface area (TPSA) is 86.7 Å². The highest BCUT2D eigenvalue weighted by Crippen LogP contribution is 2.35. The van der Waals surface area contributed by atoms with Crippen LogP contribution in [0.2, 0.25) is 0 Å². The third-order valence-electron chi connectivity index (χ3n) is 5.65. The Kier molecular flexibility index (Phi) is 9.97. The normalized spacial score (nSPS) is 16.2. The molecular formula is C26H24F6O5S2. The highest BCUT2D eigenvalue weighted by molar-refractivity contribution is 7.97. The van der Waals surface area contributed by atoms with Crippen molar-refractivity contribution in [2.45, 2.75) is 64.0 Å². The molecule has 13 heteroatoms. The molecule has 1 saturated carbocycles. The standard InChI is InChI=1S/C23H22FOS.C3H3F5O4S/c24-18-10-14-22(15-11-18)26(21-8-2-1-3-9-21)23-16-12-20(13-17-23)25-19-6-4-5-7-19;4-2(5,6)1(9)3(7,8)13(10,11)12/h1-3,8-17,19H,4-7H2;1,9H,(H,10,11,12)/q+1;/p-1. The molecule has 0 saturated heterocycles. The zero-order chi connectivity index (χ0) is 28.8. The van der Waals surface area contributed by atoms with E-state index >= 15 is 0 Å². The number of benzene rings is 3. The molecule has 2 unspecified atom stereocenters. The predicted molar refractivity (Wildman–Crippen MR) is 131 cm³/mol. The Labute approximate surface area is 224 Å². The molecule has 1 aliphatic carbocycles. The summed E-state index contributed by atoms with van der Waals surface area (Å²) in [5.41, 5.74) is 0. The zero-order valence-electron chi connectivity index (χ0n) is 20.2.